The van der Waals surface area contributed by atoms with E-state index >= 15 is 0 Å². The molecule has 0 bridgehead atoms. The summed E-state index contributed by atoms with van der Waals surface area (Å²) in [6.07, 6.45) is 3.71. The zero-order valence-corrected chi connectivity index (χ0v) is 7.44. The average Bonchev–Trinajstić information content (AvgIpc) is 2.69. The number of allylic oxidation sites excluding steroid dienone is 1. The van der Waals surface area contributed by atoms with Crippen molar-refractivity contribution in [1.29, 1.82) is 0 Å². The molecule has 0 saturated heterocycles. The lowest BCUT2D eigenvalue weighted by Gasteiger charge is -2.06. The number of rotatable bonds is 4. The van der Waals surface area contributed by atoms with Crippen molar-refractivity contribution >= 4 is 5.78 Å². The highest BCUT2D eigenvalue weighted by molar-refractivity contribution is 5.88. The predicted octanol–water partition coefficient (Wildman–Crippen LogP) is 2.71. The van der Waals surface area contributed by atoms with Crippen LogP contribution < -0.4 is 0 Å². The molecule has 11 heavy (non-hydrogen) atoms. The molecule has 0 radical (unpaired) electrons. The highest BCUT2D eigenvalue weighted by atomic mass is 16.1. The first-order valence-electron chi connectivity index (χ1n) is 4.28. The predicted molar refractivity (Wildman–Crippen MR) is 46.4 cm³/mol. The number of hydrogen-bond acceptors (Lipinski definition) is 1. The molecule has 1 rings (SSSR count). The topological polar surface area (TPSA) is 17.1 Å². The van der Waals surface area contributed by atoms with E-state index in [2.05, 4.69) is 13.5 Å². The Morgan fingerprint density at radius 2 is 2.09 bits per heavy atom. The van der Waals surface area contributed by atoms with Crippen LogP contribution in [-0.2, 0) is 4.79 Å². The highest BCUT2D eigenvalue weighted by Crippen LogP contribution is 2.46. The van der Waals surface area contributed by atoms with Crippen LogP contribution in [0, 0.1) is 5.41 Å². The number of carbonyl (C=O) groups is 1. The molecule has 0 amide bonds. The number of Topliss-reactive ketones (excluding diaryl/α,β-unsaturated/α-hetero) is 1. The van der Waals surface area contributed by atoms with Gasteiger partial charge < -0.3 is 0 Å². The fourth-order valence-electron chi connectivity index (χ4n) is 1.03. The average molecular weight is 152 g/mol. The van der Waals surface area contributed by atoms with Crippen molar-refractivity contribution in [1.82, 2.24) is 0 Å². The van der Waals surface area contributed by atoms with Gasteiger partial charge in [-0.2, -0.15) is 0 Å². The largest absolute Gasteiger partial charge is 0.299 e. The van der Waals surface area contributed by atoms with Crippen LogP contribution in [0.5, 0.6) is 0 Å². The Hall–Kier alpha value is -0.590. The molecule has 0 aliphatic heterocycles. The second-order valence-corrected chi connectivity index (χ2v) is 3.76. The zero-order chi connectivity index (χ0) is 8.48. The van der Waals surface area contributed by atoms with Crippen LogP contribution in [0.15, 0.2) is 12.2 Å². The lowest BCUT2D eigenvalue weighted by Crippen LogP contribution is -2.11. The molecule has 1 fully saturated rings. The van der Waals surface area contributed by atoms with Crippen molar-refractivity contribution in [2.45, 2.75) is 39.5 Å². The lowest BCUT2D eigenvalue weighted by molar-refractivity contribution is -0.122. The molecule has 0 aromatic rings. The van der Waals surface area contributed by atoms with Crippen LogP contribution in [-0.4, -0.2) is 5.78 Å². The van der Waals surface area contributed by atoms with Crippen molar-refractivity contribution in [3.05, 3.63) is 12.2 Å². The Bertz CT molecular complexity index is 187. The number of ketones is 1. The van der Waals surface area contributed by atoms with Gasteiger partial charge in [0.1, 0.15) is 5.78 Å². The summed E-state index contributed by atoms with van der Waals surface area (Å²) < 4.78 is 0. The van der Waals surface area contributed by atoms with E-state index in [-0.39, 0.29) is 5.41 Å². The molecule has 1 aliphatic carbocycles. The quantitative estimate of drug-likeness (QED) is 0.566. The van der Waals surface area contributed by atoms with Gasteiger partial charge in [-0.25, -0.2) is 0 Å². The monoisotopic (exact) mass is 152 g/mol. The summed E-state index contributed by atoms with van der Waals surface area (Å²) in [5.41, 5.74) is 1.11. The van der Waals surface area contributed by atoms with Crippen molar-refractivity contribution in [2.24, 2.45) is 5.41 Å². The van der Waals surface area contributed by atoms with E-state index in [1.54, 1.807) is 0 Å². The van der Waals surface area contributed by atoms with Gasteiger partial charge >= 0.3 is 0 Å². The number of hydrogen-bond donors (Lipinski definition) is 0. The molecule has 62 valence electrons. The van der Waals surface area contributed by atoms with Crippen LogP contribution in [0.4, 0.5) is 0 Å². The van der Waals surface area contributed by atoms with Crippen molar-refractivity contribution < 1.29 is 4.79 Å². The molecule has 1 heteroatoms. The second-order valence-electron chi connectivity index (χ2n) is 3.76. The minimum atomic E-state index is 0.0398. The van der Waals surface area contributed by atoms with Gasteiger partial charge in [0, 0.05) is 11.8 Å². The lowest BCUT2D eigenvalue weighted by atomic mass is 9.97. The van der Waals surface area contributed by atoms with Crippen LogP contribution in [0.25, 0.3) is 0 Å². The molecule has 0 N–H and O–H groups in total. The highest BCUT2D eigenvalue weighted by Gasteiger charge is 2.43. The van der Waals surface area contributed by atoms with Gasteiger partial charge in [0.05, 0.1) is 0 Å². The fraction of sp³-hybridized carbons (Fsp3) is 0.700. The molecule has 0 aromatic carbocycles. The fourth-order valence-corrected chi connectivity index (χ4v) is 1.03. The Balaban J connectivity index is 2.38. The smallest absolute Gasteiger partial charge is 0.142 e. The van der Waals surface area contributed by atoms with Gasteiger partial charge in [-0.1, -0.05) is 26.0 Å². The minimum absolute atomic E-state index is 0.0398. The minimum Gasteiger partial charge on any atom is -0.299 e. The molecule has 0 aromatic heterocycles. The van der Waals surface area contributed by atoms with Crippen LogP contribution in [0.3, 0.4) is 0 Å². The molecule has 0 unspecified atom stereocenters. The molecule has 1 saturated carbocycles. The molecule has 0 spiro atoms. The van der Waals surface area contributed by atoms with E-state index in [1.807, 2.05) is 6.92 Å². The van der Waals surface area contributed by atoms with E-state index in [4.69, 9.17) is 0 Å². The van der Waals surface area contributed by atoms with E-state index in [9.17, 15) is 4.79 Å². The maximum absolute atomic E-state index is 11.4. The molecular weight excluding hydrogens is 136 g/mol. The van der Waals surface area contributed by atoms with E-state index in [0.717, 1.165) is 24.8 Å². The van der Waals surface area contributed by atoms with E-state index < -0.39 is 0 Å². The van der Waals surface area contributed by atoms with Crippen molar-refractivity contribution in [3.63, 3.8) is 0 Å². The first-order chi connectivity index (χ1) is 5.08. The summed E-state index contributed by atoms with van der Waals surface area (Å²) in [5.74, 6) is 0.393. The summed E-state index contributed by atoms with van der Waals surface area (Å²) in [4.78, 5) is 11.4. The van der Waals surface area contributed by atoms with Gasteiger partial charge in [0.15, 0.2) is 0 Å². The van der Waals surface area contributed by atoms with Gasteiger partial charge in [0.25, 0.3) is 0 Å². The van der Waals surface area contributed by atoms with Gasteiger partial charge in [0.2, 0.25) is 0 Å². The standard InChI is InChI=1S/C10H16O/c1-4-8(2)7-9(11)10(3)5-6-10/h2,4-7H2,1,3H3. The summed E-state index contributed by atoms with van der Waals surface area (Å²) in [6.45, 7) is 7.93. The molecular formula is C10H16O. The van der Waals surface area contributed by atoms with E-state index in [1.165, 1.54) is 0 Å². The zero-order valence-electron chi connectivity index (χ0n) is 7.44. The maximum atomic E-state index is 11.4. The van der Waals surface area contributed by atoms with Crippen LogP contribution in [0.2, 0.25) is 0 Å². The maximum Gasteiger partial charge on any atom is 0.142 e. The van der Waals surface area contributed by atoms with Crippen molar-refractivity contribution in [3.8, 4) is 0 Å². The Kier molecular flexibility index (Phi) is 2.17. The van der Waals surface area contributed by atoms with Crippen molar-refractivity contribution in [2.75, 3.05) is 0 Å². The van der Waals surface area contributed by atoms with Crippen LogP contribution >= 0.6 is 0 Å². The normalized spacial score (nSPS) is 19.5. The molecule has 1 aliphatic rings. The Labute approximate surface area is 68.5 Å². The summed E-state index contributed by atoms with van der Waals surface area (Å²) in [5, 5.41) is 0. The third-order valence-corrected chi connectivity index (χ3v) is 2.58. The van der Waals surface area contributed by atoms with Gasteiger partial charge in [-0.05, 0) is 19.3 Å². The first-order valence-corrected chi connectivity index (χ1v) is 4.28. The number of carbonyl (C=O) groups excluding carboxylic acids is 1. The second kappa shape index (κ2) is 2.80. The Morgan fingerprint density at radius 1 is 1.55 bits per heavy atom. The molecule has 0 heterocycles. The first kappa shape index (κ1) is 8.51. The molecule has 0 atom stereocenters. The van der Waals surface area contributed by atoms with Gasteiger partial charge in [-0.15, -0.1) is 0 Å². The summed E-state index contributed by atoms with van der Waals surface area (Å²) in [7, 11) is 0. The third-order valence-electron chi connectivity index (χ3n) is 2.58. The van der Waals surface area contributed by atoms with Gasteiger partial charge in [-0.3, -0.25) is 4.79 Å². The van der Waals surface area contributed by atoms with E-state index in [0.29, 0.717) is 12.2 Å². The Morgan fingerprint density at radius 3 is 2.45 bits per heavy atom. The molecule has 1 nitrogen and oxygen atoms in total. The summed E-state index contributed by atoms with van der Waals surface area (Å²) in [6, 6.07) is 0. The third kappa shape index (κ3) is 1.92. The summed E-state index contributed by atoms with van der Waals surface area (Å²) >= 11 is 0. The SMILES string of the molecule is C=C(CC)CC(=O)C1(C)CC1. The van der Waals surface area contributed by atoms with Crippen LogP contribution in [0.1, 0.15) is 39.5 Å².